The summed E-state index contributed by atoms with van der Waals surface area (Å²) in [4.78, 5) is 0.766. The highest BCUT2D eigenvalue weighted by atomic mass is 79.9. The molecule has 0 spiro atoms. The van der Waals surface area contributed by atoms with Crippen LogP contribution in [0.5, 0.6) is 0 Å². The van der Waals surface area contributed by atoms with Crippen molar-refractivity contribution >= 4 is 53.2 Å². The first-order valence-corrected chi connectivity index (χ1v) is 9.01. The molecule has 0 aliphatic rings. The Balaban J connectivity index is 2.18. The zero-order chi connectivity index (χ0) is 14.0. The summed E-state index contributed by atoms with van der Waals surface area (Å²) in [6.07, 6.45) is 0. The molecule has 0 fully saturated rings. The van der Waals surface area contributed by atoms with Gasteiger partial charge in [0, 0.05) is 15.9 Å². The predicted octanol–water partition coefficient (Wildman–Crippen LogP) is 3.89. The van der Waals surface area contributed by atoms with Crippen LogP contribution in [0, 0.1) is 5.82 Å². The van der Waals surface area contributed by atoms with Gasteiger partial charge in [-0.2, -0.15) is 0 Å². The molecular formula is C11H8Br2FNO2S2. The van der Waals surface area contributed by atoms with Crippen LogP contribution in [-0.2, 0) is 16.6 Å². The Labute approximate surface area is 131 Å². The van der Waals surface area contributed by atoms with E-state index in [0.29, 0.717) is 0 Å². The average Bonchev–Trinajstić information content (AvgIpc) is 2.76. The normalized spacial score (nSPS) is 11.7. The third-order valence-electron chi connectivity index (χ3n) is 2.32. The van der Waals surface area contributed by atoms with Gasteiger partial charge in [-0.15, -0.1) is 11.3 Å². The first-order chi connectivity index (χ1) is 8.90. The van der Waals surface area contributed by atoms with Gasteiger partial charge in [0.15, 0.2) is 0 Å². The number of halogens is 3. The van der Waals surface area contributed by atoms with Crippen molar-refractivity contribution in [2.45, 2.75) is 11.4 Å². The SMILES string of the molecule is O=S(=O)(NCc1sccc1Br)c1ccc(Br)c(F)c1. The summed E-state index contributed by atoms with van der Waals surface area (Å²) in [5.74, 6) is -0.611. The number of benzene rings is 1. The number of nitrogens with one attached hydrogen (secondary N) is 1. The Morgan fingerprint density at radius 3 is 2.53 bits per heavy atom. The topological polar surface area (TPSA) is 46.2 Å². The van der Waals surface area contributed by atoms with Crippen LogP contribution in [0.3, 0.4) is 0 Å². The van der Waals surface area contributed by atoms with Crippen LogP contribution in [0.2, 0.25) is 0 Å². The predicted molar refractivity (Wildman–Crippen MR) is 80.1 cm³/mol. The second kappa shape index (κ2) is 6.01. The number of sulfonamides is 1. The minimum absolute atomic E-state index is 0.0964. The standard InChI is InChI=1S/C11H8Br2FNO2S2/c12-8-2-1-7(5-10(8)14)19(16,17)15-6-11-9(13)3-4-18-11/h1-5,15H,6H2. The Hall–Kier alpha value is -0.280. The van der Waals surface area contributed by atoms with E-state index in [2.05, 4.69) is 36.6 Å². The van der Waals surface area contributed by atoms with E-state index in [1.54, 1.807) is 0 Å². The molecule has 0 unspecified atom stereocenters. The van der Waals surface area contributed by atoms with Crippen LogP contribution < -0.4 is 4.72 Å². The molecule has 8 heteroatoms. The van der Waals surface area contributed by atoms with E-state index in [-0.39, 0.29) is 15.9 Å². The Morgan fingerprint density at radius 2 is 1.95 bits per heavy atom. The maximum Gasteiger partial charge on any atom is 0.241 e. The summed E-state index contributed by atoms with van der Waals surface area (Å²) in [6.45, 7) is 0.165. The first kappa shape index (κ1) is 15.1. The van der Waals surface area contributed by atoms with Crippen molar-refractivity contribution in [2.24, 2.45) is 0 Å². The molecule has 19 heavy (non-hydrogen) atoms. The minimum atomic E-state index is -3.72. The summed E-state index contributed by atoms with van der Waals surface area (Å²) in [6, 6.07) is 5.54. The molecule has 0 saturated heterocycles. The van der Waals surface area contributed by atoms with Crippen molar-refractivity contribution in [3.8, 4) is 0 Å². The highest BCUT2D eigenvalue weighted by Crippen LogP contribution is 2.23. The van der Waals surface area contributed by atoms with Gasteiger partial charge in [-0.05, 0) is 61.5 Å². The molecule has 3 nitrogen and oxygen atoms in total. The van der Waals surface area contributed by atoms with Crippen molar-refractivity contribution in [2.75, 3.05) is 0 Å². The largest absolute Gasteiger partial charge is 0.241 e. The second-order valence-electron chi connectivity index (χ2n) is 3.59. The smallest absolute Gasteiger partial charge is 0.207 e. The molecule has 0 radical (unpaired) electrons. The number of thiophene rings is 1. The molecule has 2 aromatic rings. The van der Waals surface area contributed by atoms with Crippen molar-refractivity contribution < 1.29 is 12.8 Å². The lowest BCUT2D eigenvalue weighted by atomic mass is 10.3. The number of rotatable bonds is 4. The molecule has 0 aliphatic carbocycles. The lowest BCUT2D eigenvalue weighted by molar-refractivity contribution is 0.577. The van der Waals surface area contributed by atoms with Crippen LogP contribution in [0.4, 0.5) is 4.39 Å². The Bertz CT molecular complexity index is 700. The van der Waals surface area contributed by atoms with Gasteiger partial charge in [0.1, 0.15) is 5.82 Å². The molecule has 102 valence electrons. The molecule has 1 aromatic carbocycles. The summed E-state index contributed by atoms with van der Waals surface area (Å²) in [5, 5.41) is 1.85. The Morgan fingerprint density at radius 1 is 1.21 bits per heavy atom. The summed E-state index contributed by atoms with van der Waals surface area (Å²) >= 11 is 7.74. The van der Waals surface area contributed by atoms with Crippen LogP contribution in [0.15, 0.2) is 43.5 Å². The highest BCUT2D eigenvalue weighted by Gasteiger charge is 2.16. The summed E-state index contributed by atoms with van der Waals surface area (Å²) in [5.41, 5.74) is 0. The van der Waals surface area contributed by atoms with Gasteiger partial charge < -0.3 is 0 Å². The summed E-state index contributed by atoms with van der Waals surface area (Å²) in [7, 11) is -3.72. The fourth-order valence-corrected chi connectivity index (χ4v) is 4.12. The van der Waals surface area contributed by atoms with Crippen LogP contribution >= 0.6 is 43.2 Å². The van der Waals surface area contributed by atoms with Gasteiger partial charge >= 0.3 is 0 Å². The van der Waals surface area contributed by atoms with Crippen LogP contribution in [-0.4, -0.2) is 8.42 Å². The first-order valence-electron chi connectivity index (χ1n) is 5.07. The van der Waals surface area contributed by atoms with Crippen molar-refractivity contribution in [3.63, 3.8) is 0 Å². The van der Waals surface area contributed by atoms with Crippen molar-refractivity contribution in [1.29, 1.82) is 0 Å². The van der Waals surface area contributed by atoms with Crippen LogP contribution in [0.1, 0.15) is 4.88 Å². The lowest BCUT2D eigenvalue weighted by Crippen LogP contribution is -2.23. The molecule has 1 aromatic heterocycles. The van der Waals surface area contributed by atoms with Gasteiger partial charge in [0.2, 0.25) is 10.0 Å². The molecule has 0 atom stereocenters. The number of hydrogen-bond donors (Lipinski definition) is 1. The van der Waals surface area contributed by atoms with Gasteiger partial charge in [-0.25, -0.2) is 17.5 Å². The molecule has 0 aliphatic heterocycles. The van der Waals surface area contributed by atoms with E-state index in [9.17, 15) is 12.8 Å². The number of hydrogen-bond acceptors (Lipinski definition) is 3. The average molecular weight is 429 g/mol. The zero-order valence-electron chi connectivity index (χ0n) is 9.36. The van der Waals surface area contributed by atoms with E-state index in [1.165, 1.54) is 23.5 Å². The molecule has 1 heterocycles. The van der Waals surface area contributed by atoms with E-state index >= 15 is 0 Å². The fourth-order valence-electron chi connectivity index (χ4n) is 1.34. The monoisotopic (exact) mass is 427 g/mol. The van der Waals surface area contributed by atoms with Gasteiger partial charge in [-0.1, -0.05) is 0 Å². The van der Waals surface area contributed by atoms with E-state index in [4.69, 9.17) is 0 Å². The lowest BCUT2D eigenvalue weighted by Gasteiger charge is -2.06. The third-order valence-corrected chi connectivity index (χ3v) is 6.28. The molecular weight excluding hydrogens is 421 g/mol. The quantitative estimate of drug-likeness (QED) is 0.802. The highest BCUT2D eigenvalue weighted by molar-refractivity contribution is 9.10. The molecule has 0 bridgehead atoms. The summed E-state index contributed by atoms with van der Waals surface area (Å²) < 4.78 is 40.9. The molecule has 0 saturated carbocycles. The third kappa shape index (κ3) is 3.63. The van der Waals surface area contributed by atoms with E-state index < -0.39 is 15.8 Å². The Kier molecular flexibility index (Phi) is 4.78. The van der Waals surface area contributed by atoms with Gasteiger partial charge in [-0.3, -0.25) is 0 Å². The van der Waals surface area contributed by atoms with Gasteiger partial charge in [0.25, 0.3) is 0 Å². The van der Waals surface area contributed by atoms with E-state index in [0.717, 1.165) is 15.4 Å². The second-order valence-corrected chi connectivity index (χ2v) is 8.07. The van der Waals surface area contributed by atoms with Crippen molar-refractivity contribution in [3.05, 3.63) is 49.3 Å². The van der Waals surface area contributed by atoms with E-state index in [1.807, 2.05) is 11.4 Å². The van der Waals surface area contributed by atoms with Gasteiger partial charge in [0.05, 0.1) is 9.37 Å². The van der Waals surface area contributed by atoms with Crippen LogP contribution in [0.25, 0.3) is 0 Å². The fraction of sp³-hybridized carbons (Fsp3) is 0.0909. The molecule has 2 rings (SSSR count). The molecule has 1 N–H and O–H groups in total. The zero-order valence-corrected chi connectivity index (χ0v) is 14.2. The maximum atomic E-state index is 13.3. The minimum Gasteiger partial charge on any atom is -0.207 e. The maximum absolute atomic E-state index is 13.3. The molecule has 0 amide bonds. The van der Waals surface area contributed by atoms with Crippen molar-refractivity contribution in [1.82, 2.24) is 4.72 Å².